The van der Waals surface area contributed by atoms with Crippen LogP contribution in [-0.2, 0) is 9.47 Å². The maximum atomic E-state index is 12.0. The van der Waals surface area contributed by atoms with Gasteiger partial charge >= 0.3 is 0 Å². The minimum Gasteiger partial charge on any atom is -0.382 e. The zero-order valence-electron chi connectivity index (χ0n) is 12.8. The van der Waals surface area contributed by atoms with E-state index < -0.39 is 0 Å². The fraction of sp³-hybridized carbons (Fsp3) is 0.353. The van der Waals surface area contributed by atoms with E-state index in [2.05, 4.69) is 5.32 Å². The van der Waals surface area contributed by atoms with Gasteiger partial charge in [0.2, 0.25) is 0 Å². The average Bonchev–Trinajstić information content (AvgIpc) is 3.08. The summed E-state index contributed by atoms with van der Waals surface area (Å²) >= 11 is 0. The van der Waals surface area contributed by atoms with Crippen molar-refractivity contribution in [1.82, 2.24) is 9.88 Å². The second-order valence-corrected chi connectivity index (χ2v) is 4.85. The molecule has 1 N–H and O–H groups in total. The van der Waals surface area contributed by atoms with Crippen molar-refractivity contribution in [2.75, 3.05) is 33.5 Å². The molecule has 0 unspecified atom stereocenters. The molecule has 0 bridgehead atoms. The van der Waals surface area contributed by atoms with E-state index in [1.165, 1.54) is 0 Å². The molecule has 0 atom stereocenters. The summed E-state index contributed by atoms with van der Waals surface area (Å²) in [5, 5.41) is 2.89. The number of methoxy groups -OCH3 is 1. The number of aromatic nitrogens is 1. The monoisotopic (exact) mass is 302 g/mol. The molecule has 1 amide bonds. The van der Waals surface area contributed by atoms with Crippen molar-refractivity contribution in [3.8, 4) is 5.69 Å². The number of benzene rings is 1. The summed E-state index contributed by atoms with van der Waals surface area (Å²) < 4.78 is 12.2. The summed E-state index contributed by atoms with van der Waals surface area (Å²) in [7, 11) is 1.64. The number of carbonyl (C=O) groups excluding carboxylic acids is 1. The smallest absolute Gasteiger partial charge is 0.251 e. The van der Waals surface area contributed by atoms with Crippen LogP contribution in [0.1, 0.15) is 16.8 Å². The lowest BCUT2D eigenvalue weighted by molar-refractivity contribution is 0.0688. The van der Waals surface area contributed by atoms with E-state index >= 15 is 0 Å². The molecule has 1 aromatic carbocycles. The molecule has 0 radical (unpaired) electrons. The molecule has 22 heavy (non-hydrogen) atoms. The Morgan fingerprint density at radius 1 is 1.09 bits per heavy atom. The van der Waals surface area contributed by atoms with Gasteiger partial charge in [0.05, 0.1) is 13.2 Å². The third-order valence-electron chi connectivity index (χ3n) is 3.21. The molecule has 0 saturated carbocycles. The van der Waals surface area contributed by atoms with Crippen LogP contribution in [0.25, 0.3) is 5.69 Å². The first-order chi connectivity index (χ1) is 10.8. The summed E-state index contributed by atoms with van der Waals surface area (Å²) in [6.07, 6.45) is 4.73. The van der Waals surface area contributed by atoms with Gasteiger partial charge in [0.1, 0.15) is 0 Å². The predicted octanol–water partition coefficient (Wildman–Crippen LogP) is 2.26. The third-order valence-corrected chi connectivity index (χ3v) is 3.21. The van der Waals surface area contributed by atoms with Gasteiger partial charge in [0, 0.05) is 43.9 Å². The highest BCUT2D eigenvalue weighted by Gasteiger charge is 2.04. The first kappa shape index (κ1) is 16.3. The van der Waals surface area contributed by atoms with Crippen molar-refractivity contribution in [3.63, 3.8) is 0 Å². The fourth-order valence-electron chi connectivity index (χ4n) is 2.01. The predicted molar refractivity (Wildman–Crippen MR) is 85.4 cm³/mol. The molecule has 0 aliphatic rings. The van der Waals surface area contributed by atoms with Gasteiger partial charge in [0.25, 0.3) is 5.91 Å². The number of nitrogens with one attached hydrogen (secondary N) is 1. The Bertz CT molecular complexity index is 550. The summed E-state index contributed by atoms with van der Waals surface area (Å²) in [5.74, 6) is -0.0593. The molecule has 0 aliphatic heterocycles. The van der Waals surface area contributed by atoms with Gasteiger partial charge in [-0.05, 0) is 42.8 Å². The minimum atomic E-state index is -0.0593. The first-order valence-electron chi connectivity index (χ1n) is 7.39. The van der Waals surface area contributed by atoms with Crippen molar-refractivity contribution in [2.24, 2.45) is 0 Å². The van der Waals surface area contributed by atoms with Gasteiger partial charge in [-0.25, -0.2) is 0 Å². The largest absolute Gasteiger partial charge is 0.382 e. The molecule has 118 valence electrons. The van der Waals surface area contributed by atoms with Gasteiger partial charge in [-0.2, -0.15) is 0 Å². The molecular formula is C17H22N2O3. The summed E-state index contributed by atoms with van der Waals surface area (Å²) in [5.41, 5.74) is 1.70. The van der Waals surface area contributed by atoms with Crippen LogP contribution in [-0.4, -0.2) is 43.9 Å². The van der Waals surface area contributed by atoms with Crippen molar-refractivity contribution >= 4 is 5.91 Å². The normalized spacial score (nSPS) is 10.6. The van der Waals surface area contributed by atoms with Gasteiger partial charge in [-0.1, -0.05) is 0 Å². The number of nitrogens with zero attached hydrogens (tertiary/aromatic N) is 1. The maximum Gasteiger partial charge on any atom is 0.251 e. The Kier molecular flexibility index (Phi) is 6.67. The number of carbonyl (C=O) groups is 1. The van der Waals surface area contributed by atoms with Crippen molar-refractivity contribution in [2.45, 2.75) is 6.42 Å². The van der Waals surface area contributed by atoms with Crippen LogP contribution in [0, 0.1) is 0 Å². The second kappa shape index (κ2) is 9.02. The number of rotatable bonds is 9. The zero-order chi connectivity index (χ0) is 15.6. The molecule has 0 aliphatic carbocycles. The molecule has 5 nitrogen and oxygen atoms in total. The SMILES string of the molecule is COCCOCCCNC(=O)c1ccc(-n2cccc2)cc1. The Balaban J connectivity index is 1.71. The summed E-state index contributed by atoms with van der Waals surface area (Å²) in [6.45, 7) is 2.41. The molecule has 2 aromatic rings. The molecule has 0 spiro atoms. The number of ether oxygens (including phenoxy) is 2. The third kappa shape index (κ3) is 5.02. The first-order valence-corrected chi connectivity index (χ1v) is 7.39. The molecule has 0 saturated heterocycles. The van der Waals surface area contributed by atoms with Gasteiger partial charge in [0.15, 0.2) is 0 Å². The maximum absolute atomic E-state index is 12.0. The Morgan fingerprint density at radius 3 is 2.50 bits per heavy atom. The lowest BCUT2D eigenvalue weighted by atomic mass is 10.2. The Morgan fingerprint density at radius 2 is 1.82 bits per heavy atom. The minimum absolute atomic E-state index is 0.0593. The van der Waals surface area contributed by atoms with E-state index in [-0.39, 0.29) is 5.91 Å². The Hall–Kier alpha value is -2.11. The van der Waals surface area contributed by atoms with Crippen LogP contribution in [0.5, 0.6) is 0 Å². The molecule has 0 fully saturated rings. The number of hydrogen-bond donors (Lipinski definition) is 1. The van der Waals surface area contributed by atoms with Crippen LogP contribution in [0.3, 0.4) is 0 Å². The van der Waals surface area contributed by atoms with Crippen LogP contribution >= 0.6 is 0 Å². The average molecular weight is 302 g/mol. The van der Waals surface area contributed by atoms with Gasteiger partial charge < -0.3 is 19.4 Å². The lowest BCUT2D eigenvalue weighted by Crippen LogP contribution is -2.25. The van der Waals surface area contributed by atoms with E-state index in [1.54, 1.807) is 7.11 Å². The Labute approximate surface area is 130 Å². The van der Waals surface area contributed by atoms with E-state index in [1.807, 2.05) is 53.4 Å². The van der Waals surface area contributed by atoms with Crippen molar-refractivity contribution in [1.29, 1.82) is 0 Å². The van der Waals surface area contributed by atoms with E-state index in [0.29, 0.717) is 31.9 Å². The number of amides is 1. The van der Waals surface area contributed by atoms with Crippen LogP contribution in [0.2, 0.25) is 0 Å². The number of hydrogen-bond acceptors (Lipinski definition) is 3. The molecule has 2 rings (SSSR count). The summed E-state index contributed by atoms with van der Waals surface area (Å²) in [4.78, 5) is 12.0. The zero-order valence-corrected chi connectivity index (χ0v) is 12.8. The highest BCUT2D eigenvalue weighted by molar-refractivity contribution is 5.94. The van der Waals surface area contributed by atoms with Crippen LogP contribution in [0.15, 0.2) is 48.8 Å². The molecule has 5 heteroatoms. The van der Waals surface area contributed by atoms with E-state index in [9.17, 15) is 4.79 Å². The van der Waals surface area contributed by atoms with Gasteiger partial charge in [-0.3, -0.25) is 4.79 Å². The van der Waals surface area contributed by atoms with Crippen LogP contribution < -0.4 is 5.32 Å². The van der Waals surface area contributed by atoms with Crippen molar-refractivity contribution < 1.29 is 14.3 Å². The highest BCUT2D eigenvalue weighted by Crippen LogP contribution is 2.09. The molecular weight excluding hydrogens is 280 g/mol. The second-order valence-electron chi connectivity index (χ2n) is 4.85. The topological polar surface area (TPSA) is 52.5 Å². The summed E-state index contributed by atoms with van der Waals surface area (Å²) in [6, 6.07) is 11.5. The van der Waals surface area contributed by atoms with Crippen molar-refractivity contribution in [3.05, 3.63) is 54.4 Å². The quantitative estimate of drug-likeness (QED) is 0.723. The van der Waals surface area contributed by atoms with E-state index in [0.717, 1.165) is 12.1 Å². The van der Waals surface area contributed by atoms with Gasteiger partial charge in [-0.15, -0.1) is 0 Å². The molecule has 1 heterocycles. The highest BCUT2D eigenvalue weighted by atomic mass is 16.5. The lowest BCUT2D eigenvalue weighted by Gasteiger charge is -2.07. The molecule has 1 aromatic heterocycles. The van der Waals surface area contributed by atoms with Crippen LogP contribution in [0.4, 0.5) is 0 Å². The standard InChI is InChI=1S/C17H22N2O3/c1-21-13-14-22-12-4-9-18-17(20)15-5-7-16(8-6-15)19-10-2-3-11-19/h2-3,5-8,10-11H,4,9,12-14H2,1H3,(H,18,20). The van der Waals surface area contributed by atoms with E-state index in [4.69, 9.17) is 9.47 Å². The fourth-order valence-corrected chi connectivity index (χ4v) is 2.01.